The molecule has 0 spiro atoms. The van der Waals surface area contributed by atoms with Crippen LogP contribution in [0.1, 0.15) is 40.5 Å². The van der Waals surface area contributed by atoms with Crippen molar-refractivity contribution in [1.82, 2.24) is 0 Å². The molecule has 0 heterocycles. The number of hydrogen-bond acceptors (Lipinski definition) is 0. The summed E-state index contributed by atoms with van der Waals surface area (Å²) in [4.78, 5) is 0. The summed E-state index contributed by atoms with van der Waals surface area (Å²) in [6, 6.07) is 0. The van der Waals surface area contributed by atoms with E-state index >= 15 is 0 Å². The van der Waals surface area contributed by atoms with Crippen LogP contribution in [0.4, 0.5) is 0 Å². The average molecular weight is 481 g/mol. The number of fused-ring (bicyclic) bond motifs is 2. The fourth-order valence-corrected chi connectivity index (χ4v) is 4.26. The van der Waals surface area contributed by atoms with Gasteiger partial charge in [-0.3, -0.25) is 0 Å². The Morgan fingerprint density at radius 3 is 1.37 bits per heavy atom. The van der Waals surface area contributed by atoms with Gasteiger partial charge in [-0.05, 0) is 25.7 Å². The fraction of sp³-hybridized carbons (Fsp3) is 0.417. The van der Waals surface area contributed by atoms with Gasteiger partial charge in [0.2, 0.25) is 0 Å². The molecule has 144 valence electrons. The molecule has 0 aliphatic heterocycles. The molecule has 0 N–H and O–H groups in total. The molecule has 0 bridgehead atoms. The fourth-order valence-electron chi connectivity index (χ4n) is 4.26. The molecule has 0 aromatic rings. The summed E-state index contributed by atoms with van der Waals surface area (Å²) in [5.74, 6) is 2.93. The van der Waals surface area contributed by atoms with E-state index in [-0.39, 0.29) is 51.0 Å². The zero-order chi connectivity index (χ0) is 17.1. The monoisotopic (exact) mass is 478 g/mol. The molecule has 2 fully saturated rings. The predicted molar refractivity (Wildman–Crippen MR) is 105 cm³/mol. The summed E-state index contributed by atoms with van der Waals surface area (Å²) in [6.45, 7) is 9.07. The smallest absolute Gasteiger partial charge is 1.00 e. The van der Waals surface area contributed by atoms with Gasteiger partial charge in [0.25, 0.3) is 0 Å². The van der Waals surface area contributed by atoms with Crippen molar-refractivity contribution in [2.75, 3.05) is 0 Å². The first-order chi connectivity index (χ1) is 11.5. The van der Waals surface area contributed by atoms with Gasteiger partial charge in [0.1, 0.15) is 0 Å². The van der Waals surface area contributed by atoms with E-state index in [9.17, 15) is 0 Å². The van der Waals surface area contributed by atoms with E-state index in [1.807, 2.05) is 0 Å². The Labute approximate surface area is 198 Å². The Morgan fingerprint density at radius 2 is 1.00 bits per heavy atom. The molecular weight excluding hydrogens is 450 g/mol. The third kappa shape index (κ3) is 6.88. The van der Waals surface area contributed by atoms with Crippen LogP contribution in [0.15, 0.2) is 70.9 Å². The maximum absolute atomic E-state index is 2.40. The minimum absolute atomic E-state index is 0. The van der Waals surface area contributed by atoms with Crippen molar-refractivity contribution in [3.8, 4) is 0 Å². The Balaban J connectivity index is 0.000000451. The minimum Gasteiger partial charge on any atom is -1.00 e. The molecule has 0 amide bonds. The molecular formula is C24H30Cl2Zr. The molecule has 4 unspecified atom stereocenters. The SMILES string of the molecule is CC1=CC=CC=C2[CH-]C(C)CC12.CC1=CC=CC=C2[CH-]C(C)CC12.[Cl-].[Cl-].[Zr+4]. The first-order valence-corrected chi connectivity index (χ1v) is 9.34. The Bertz CT molecular complexity index is 606. The first kappa shape index (κ1) is 26.6. The molecule has 0 nitrogen and oxygen atoms in total. The average Bonchev–Trinajstić information content (AvgIpc) is 3.01. The topological polar surface area (TPSA) is 0 Å². The van der Waals surface area contributed by atoms with Gasteiger partial charge >= 0.3 is 26.2 Å². The summed E-state index contributed by atoms with van der Waals surface area (Å²) in [7, 11) is 0. The standard InChI is InChI=1S/2C12H15.2ClH.Zr/c2*1-9-7-11-6-4-3-5-10(2)12(11)8-9;;;/h2*3-7,9,12H,8H2,1-2H3;2*1H;/q2*-1;;;+4/p-2. The predicted octanol–water partition coefficient (Wildman–Crippen LogP) is 0.584. The van der Waals surface area contributed by atoms with Crippen LogP contribution in [0, 0.1) is 36.5 Å². The maximum atomic E-state index is 2.40. The molecule has 27 heavy (non-hydrogen) atoms. The summed E-state index contributed by atoms with van der Waals surface area (Å²) < 4.78 is 0. The molecule has 4 rings (SSSR count). The molecule has 4 aliphatic carbocycles. The van der Waals surface area contributed by atoms with E-state index in [1.165, 1.54) is 35.1 Å². The molecule has 0 saturated heterocycles. The van der Waals surface area contributed by atoms with Gasteiger partial charge in [0.05, 0.1) is 0 Å². The van der Waals surface area contributed by atoms with E-state index in [4.69, 9.17) is 0 Å². The van der Waals surface area contributed by atoms with E-state index in [0.29, 0.717) is 11.8 Å². The van der Waals surface area contributed by atoms with Crippen molar-refractivity contribution in [1.29, 1.82) is 0 Å². The van der Waals surface area contributed by atoms with Crippen molar-refractivity contribution in [2.45, 2.75) is 40.5 Å². The van der Waals surface area contributed by atoms with Crippen molar-refractivity contribution >= 4 is 0 Å². The zero-order valence-corrected chi connectivity index (χ0v) is 20.7. The summed E-state index contributed by atoms with van der Waals surface area (Å²) >= 11 is 0. The maximum Gasteiger partial charge on any atom is 4.00 e. The van der Waals surface area contributed by atoms with Crippen LogP contribution in [0.25, 0.3) is 0 Å². The second-order valence-electron chi connectivity index (χ2n) is 7.79. The normalized spacial score (nSPS) is 29.5. The quantitative estimate of drug-likeness (QED) is 0.445. The first-order valence-electron chi connectivity index (χ1n) is 9.34. The van der Waals surface area contributed by atoms with Crippen LogP contribution in [0.3, 0.4) is 0 Å². The molecule has 4 atom stereocenters. The van der Waals surface area contributed by atoms with Crippen molar-refractivity contribution in [3.05, 3.63) is 83.7 Å². The molecule has 0 aromatic carbocycles. The van der Waals surface area contributed by atoms with Gasteiger partial charge < -0.3 is 24.8 Å². The molecule has 4 aliphatic rings. The van der Waals surface area contributed by atoms with E-state index in [1.54, 1.807) is 0 Å². The van der Waals surface area contributed by atoms with Gasteiger partial charge in [-0.1, -0.05) is 74.0 Å². The van der Waals surface area contributed by atoms with Crippen molar-refractivity contribution < 1.29 is 51.0 Å². The minimum atomic E-state index is 0. The third-order valence-electron chi connectivity index (χ3n) is 5.59. The van der Waals surface area contributed by atoms with Gasteiger partial charge in [-0.25, -0.2) is 36.1 Å². The van der Waals surface area contributed by atoms with Gasteiger partial charge in [0.15, 0.2) is 0 Å². The van der Waals surface area contributed by atoms with Crippen LogP contribution in [0.2, 0.25) is 0 Å². The number of allylic oxidation sites excluding steroid dienone is 12. The largest absolute Gasteiger partial charge is 4.00 e. The van der Waals surface area contributed by atoms with E-state index < -0.39 is 0 Å². The summed E-state index contributed by atoms with van der Waals surface area (Å²) in [5.41, 5.74) is 6.06. The zero-order valence-electron chi connectivity index (χ0n) is 16.8. The van der Waals surface area contributed by atoms with E-state index in [0.717, 1.165) is 11.8 Å². The van der Waals surface area contributed by atoms with Crippen LogP contribution >= 0.6 is 0 Å². The molecule has 3 heteroatoms. The Morgan fingerprint density at radius 1 is 0.667 bits per heavy atom. The van der Waals surface area contributed by atoms with Crippen LogP contribution in [-0.4, -0.2) is 0 Å². The van der Waals surface area contributed by atoms with Crippen LogP contribution in [0.5, 0.6) is 0 Å². The molecule has 2 saturated carbocycles. The molecule has 0 radical (unpaired) electrons. The third-order valence-corrected chi connectivity index (χ3v) is 5.59. The van der Waals surface area contributed by atoms with Gasteiger partial charge in [0, 0.05) is 0 Å². The second kappa shape index (κ2) is 12.3. The summed E-state index contributed by atoms with van der Waals surface area (Å²) in [6.07, 6.45) is 24.9. The number of hydrogen-bond donors (Lipinski definition) is 0. The second-order valence-corrected chi connectivity index (χ2v) is 7.79. The Kier molecular flexibility index (Phi) is 12.1. The summed E-state index contributed by atoms with van der Waals surface area (Å²) in [5, 5.41) is 0. The number of halogens is 2. The van der Waals surface area contributed by atoms with Crippen LogP contribution < -0.4 is 24.8 Å². The van der Waals surface area contributed by atoms with E-state index in [2.05, 4.69) is 89.1 Å². The molecule has 0 aromatic heterocycles. The van der Waals surface area contributed by atoms with Gasteiger partial charge in [-0.15, -0.1) is 12.2 Å². The van der Waals surface area contributed by atoms with Crippen LogP contribution in [-0.2, 0) is 26.2 Å². The van der Waals surface area contributed by atoms with Crippen molar-refractivity contribution in [2.24, 2.45) is 23.7 Å². The number of rotatable bonds is 0. The Hall–Kier alpha value is -0.357. The van der Waals surface area contributed by atoms with Gasteiger partial charge in [-0.2, -0.15) is 0 Å². The van der Waals surface area contributed by atoms with Crippen molar-refractivity contribution in [3.63, 3.8) is 0 Å².